The van der Waals surface area contributed by atoms with E-state index >= 15 is 0 Å². The number of carbonyl (C=O) groups is 1. The molecule has 5 heteroatoms. The van der Waals surface area contributed by atoms with Crippen LogP contribution in [0.2, 0.25) is 0 Å². The zero-order valence-electron chi connectivity index (χ0n) is 20.5. The fourth-order valence-electron chi connectivity index (χ4n) is 5.44. The number of hydrogen-bond donors (Lipinski definition) is 0. The van der Waals surface area contributed by atoms with Crippen LogP contribution in [0.3, 0.4) is 0 Å². The van der Waals surface area contributed by atoms with Crippen LogP contribution in [-0.4, -0.2) is 48.5 Å². The van der Waals surface area contributed by atoms with Crippen molar-refractivity contribution in [3.8, 4) is 5.75 Å². The van der Waals surface area contributed by atoms with Gasteiger partial charge in [0.15, 0.2) is 5.76 Å². The van der Waals surface area contributed by atoms with Crippen LogP contribution in [0.15, 0.2) is 77.4 Å². The molecule has 0 bridgehead atoms. The average Bonchev–Trinajstić information content (AvgIpc) is 3.44. The molecule has 2 aliphatic rings. The van der Waals surface area contributed by atoms with Crippen molar-refractivity contribution in [2.45, 2.75) is 38.6 Å². The summed E-state index contributed by atoms with van der Waals surface area (Å²) in [6, 6.07) is 22.9. The van der Waals surface area contributed by atoms with Crippen molar-refractivity contribution in [1.29, 1.82) is 0 Å². The smallest absolute Gasteiger partial charge is 0.289 e. The molecule has 0 N–H and O–H groups in total. The molecule has 1 amide bonds. The summed E-state index contributed by atoms with van der Waals surface area (Å²) < 4.78 is 11.5. The lowest BCUT2D eigenvalue weighted by molar-refractivity contribution is 0.0602. The third kappa shape index (κ3) is 6.55. The Morgan fingerprint density at radius 1 is 0.886 bits per heavy atom. The van der Waals surface area contributed by atoms with Crippen molar-refractivity contribution in [2.75, 3.05) is 32.8 Å². The fourth-order valence-corrected chi connectivity index (χ4v) is 5.44. The Morgan fingerprint density at radius 2 is 1.71 bits per heavy atom. The zero-order valence-corrected chi connectivity index (χ0v) is 20.5. The van der Waals surface area contributed by atoms with Gasteiger partial charge in [-0.2, -0.15) is 0 Å². The first-order valence-corrected chi connectivity index (χ1v) is 13.0. The second kappa shape index (κ2) is 11.6. The molecule has 2 saturated heterocycles. The minimum atomic E-state index is -0.0192. The third-order valence-corrected chi connectivity index (χ3v) is 7.40. The van der Waals surface area contributed by atoms with Crippen molar-refractivity contribution < 1.29 is 13.9 Å². The van der Waals surface area contributed by atoms with E-state index in [4.69, 9.17) is 9.15 Å². The lowest BCUT2D eigenvalue weighted by Gasteiger charge is -2.32. The first-order chi connectivity index (χ1) is 17.2. The summed E-state index contributed by atoms with van der Waals surface area (Å²) in [6.07, 6.45) is 7.36. The van der Waals surface area contributed by atoms with Gasteiger partial charge >= 0.3 is 0 Å². The normalized spacial score (nSPS) is 19.5. The summed E-state index contributed by atoms with van der Waals surface area (Å²) in [4.78, 5) is 17.1. The highest BCUT2D eigenvalue weighted by Crippen LogP contribution is 2.25. The van der Waals surface area contributed by atoms with Gasteiger partial charge in [0.1, 0.15) is 5.75 Å². The lowest BCUT2D eigenvalue weighted by Crippen LogP contribution is -2.41. The van der Waals surface area contributed by atoms with Gasteiger partial charge in [0, 0.05) is 25.6 Å². The van der Waals surface area contributed by atoms with E-state index < -0.39 is 0 Å². The maximum atomic E-state index is 12.6. The molecule has 0 saturated carbocycles. The maximum Gasteiger partial charge on any atom is 0.289 e. The van der Waals surface area contributed by atoms with Crippen molar-refractivity contribution in [2.24, 2.45) is 11.8 Å². The standard InChI is InChI=1S/C30H36N2O3/c33-30(29-12-6-18-34-29)32-15-5-10-27(22-32)23-35-28-11-4-9-26(20-28)21-31-16-13-25(14-17-31)19-24-7-2-1-3-8-24/h1-4,6-9,11-12,18,20,25,27H,5,10,13-17,19,21-23H2/t27-/m1/s1. The number of hydrogen-bond acceptors (Lipinski definition) is 4. The van der Waals surface area contributed by atoms with E-state index in [1.807, 2.05) is 11.0 Å². The maximum absolute atomic E-state index is 12.6. The summed E-state index contributed by atoms with van der Waals surface area (Å²) in [5.74, 6) is 2.46. The van der Waals surface area contributed by atoms with Gasteiger partial charge in [-0.05, 0) is 86.5 Å². The SMILES string of the molecule is O=C(c1ccco1)N1CCC[C@@H](COc2cccc(CN3CCC(Cc4ccccc4)CC3)c2)C1. The highest BCUT2D eigenvalue weighted by Gasteiger charge is 2.26. The van der Waals surface area contributed by atoms with Gasteiger partial charge in [0.2, 0.25) is 0 Å². The van der Waals surface area contributed by atoms with E-state index in [0.29, 0.717) is 18.3 Å². The second-order valence-corrected chi connectivity index (χ2v) is 10.1. The number of carbonyl (C=O) groups excluding carboxylic acids is 1. The monoisotopic (exact) mass is 472 g/mol. The van der Waals surface area contributed by atoms with Crippen molar-refractivity contribution >= 4 is 5.91 Å². The third-order valence-electron chi connectivity index (χ3n) is 7.40. The summed E-state index contributed by atoms with van der Waals surface area (Å²) >= 11 is 0. The molecule has 3 aromatic rings. The van der Waals surface area contributed by atoms with Crippen LogP contribution in [0, 0.1) is 11.8 Å². The Hall–Kier alpha value is -3.05. The molecule has 1 aromatic heterocycles. The van der Waals surface area contributed by atoms with Crippen LogP contribution in [-0.2, 0) is 13.0 Å². The predicted molar refractivity (Wildman–Crippen MR) is 137 cm³/mol. The van der Waals surface area contributed by atoms with Gasteiger partial charge in [-0.25, -0.2) is 0 Å². The average molecular weight is 473 g/mol. The molecule has 5 rings (SSSR count). The van der Waals surface area contributed by atoms with Crippen molar-refractivity contribution in [1.82, 2.24) is 9.80 Å². The van der Waals surface area contributed by atoms with Gasteiger partial charge in [0.25, 0.3) is 5.91 Å². The summed E-state index contributed by atoms with van der Waals surface area (Å²) in [7, 11) is 0. The number of piperidine rings is 2. The largest absolute Gasteiger partial charge is 0.493 e. The highest BCUT2D eigenvalue weighted by atomic mass is 16.5. The summed E-state index contributed by atoms with van der Waals surface area (Å²) in [6.45, 7) is 5.43. The van der Waals surface area contributed by atoms with Gasteiger partial charge in [0.05, 0.1) is 12.9 Å². The molecule has 35 heavy (non-hydrogen) atoms. The molecule has 184 valence electrons. The van der Waals surface area contributed by atoms with Crippen LogP contribution in [0.25, 0.3) is 0 Å². The Bertz CT molecular complexity index is 1060. The Labute approximate surface area is 208 Å². The van der Waals surface area contributed by atoms with E-state index in [1.54, 1.807) is 18.4 Å². The topological polar surface area (TPSA) is 45.9 Å². The predicted octanol–water partition coefficient (Wildman–Crippen LogP) is 5.67. The molecule has 5 nitrogen and oxygen atoms in total. The zero-order chi connectivity index (χ0) is 23.9. The number of nitrogens with zero attached hydrogens (tertiary/aromatic N) is 2. The second-order valence-electron chi connectivity index (χ2n) is 10.1. The first-order valence-electron chi connectivity index (χ1n) is 13.0. The molecule has 0 spiro atoms. The molecular formula is C30H36N2O3. The van der Waals surface area contributed by atoms with Crippen molar-refractivity contribution in [3.63, 3.8) is 0 Å². The minimum absolute atomic E-state index is 0.0192. The summed E-state index contributed by atoms with van der Waals surface area (Å²) in [5.41, 5.74) is 2.77. The number of amides is 1. The number of likely N-dealkylation sites (tertiary alicyclic amines) is 2. The lowest BCUT2D eigenvalue weighted by atomic mass is 9.90. The Morgan fingerprint density at radius 3 is 2.51 bits per heavy atom. The van der Waals surface area contributed by atoms with E-state index in [0.717, 1.165) is 57.2 Å². The van der Waals surface area contributed by atoms with E-state index in [1.165, 1.54) is 30.4 Å². The first kappa shape index (κ1) is 23.7. The van der Waals surface area contributed by atoms with Crippen LogP contribution in [0.4, 0.5) is 0 Å². The number of ether oxygens (including phenoxy) is 1. The number of rotatable bonds is 8. The van der Waals surface area contributed by atoms with Gasteiger partial charge in [-0.3, -0.25) is 9.69 Å². The molecule has 2 fully saturated rings. The molecule has 0 aliphatic carbocycles. The molecule has 2 aliphatic heterocycles. The van der Waals surface area contributed by atoms with Crippen LogP contribution in [0.5, 0.6) is 5.75 Å². The number of furan rings is 1. The van der Waals surface area contributed by atoms with Gasteiger partial charge in [-0.15, -0.1) is 0 Å². The Balaban J connectivity index is 1.07. The summed E-state index contributed by atoms with van der Waals surface area (Å²) in [5, 5.41) is 0. The van der Waals surface area contributed by atoms with Gasteiger partial charge < -0.3 is 14.1 Å². The van der Waals surface area contributed by atoms with E-state index in [9.17, 15) is 4.79 Å². The Kier molecular flexibility index (Phi) is 7.84. The molecular weight excluding hydrogens is 436 g/mol. The fraction of sp³-hybridized carbons (Fsp3) is 0.433. The van der Waals surface area contributed by atoms with Gasteiger partial charge in [-0.1, -0.05) is 42.5 Å². The quantitative estimate of drug-likeness (QED) is 0.424. The van der Waals surface area contributed by atoms with E-state index in [2.05, 4.69) is 53.4 Å². The molecule has 0 unspecified atom stereocenters. The van der Waals surface area contributed by atoms with Crippen LogP contribution >= 0.6 is 0 Å². The highest BCUT2D eigenvalue weighted by molar-refractivity contribution is 5.91. The van der Waals surface area contributed by atoms with Crippen molar-refractivity contribution in [3.05, 3.63) is 89.9 Å². The minimum Gasteiger partial charge on any atom is -0.493 e. The molecule has 2 aromatic carbocycles. The molecule has 1 atom stereocenters. The number of benzene rings is 2. The van der Waals surface area contributed by atoms with Crippen LogP contribution in [0.1, 0.15) is 47.4 Å². The van der Waals surface area contributed by atoms with Crippen LogP contribution < -0.4 is 4.74 Å². The molecule has 0 radical (unpaired) electrons. The van der Waals surface area contributed by atoms with E-state index in [-0.39, 0.29) is 5.91 Å². The molecule has 3 heterocycles.